The second-order valence-electron chi connectivity index (χ2n) is 7.28. The molecule has 1 N–H and O–H groups in total. The number of amides is 1. The van der Waals surface area contributed by atoms with E-state index in [9.17, 15) is 14.0 Å². The van der Waals surface area contributed by atoms with E-state index in [4.69, 9.17) is 4.74 Å². The van der Waals surface area contributed by atoms with Gasteiger partial charge in [0.15, 0.2) is 5.78 Å². The fraction of sp³-hybridized carbons (Fsp3) is 0.304. The maximum atomic E-state index is 13.3. The Balaban J connectivity index is 1.63. The molecule has 0 bridgehead atoms. The number of ketones is 1. The lowest BCUT2D eigenvalue weighted by atomic mass is 9.73. The Kier molecular flexibility index (Phi) is 4.99. The van der Waals surface area contributed by atoms with Crippen molar-refractivity contribution in [3.8, 4) is 5.75 Å². The predicted molar refractivity (Wildman–Crippen MR) is 104 cm³/mol. The van der Waals surface area contributed by atoms with Gasteiger partial charge >= 0.3 is 0 Å². The highest BCUT2D eigenvalue weighted by Crippen LogP contribution is 2.42. The molecule has 0 saturated carbocycles. The van der Waals surface area contributed by atoms with Crippen LogP contribution in [0.15, 0.2) is 59.8 Å². The molecule has 1 aliphatic heterocycles. The van der Waals surface area contributed by atoms with E-state index in [2.05, 4.69) is 5.32 Å². The molecule has 1 heterocycles. The summed E-state index contributed by atoms with van der Waals surface area (Å²) in [5.74, 6) is 0.134. The van der Waals surface area contributed by atoms with Crippen molar-refractivity contribution in [1.82, 2.24) is 5.32 Å². The third-order valence-electron chi connectivity index (χ3n) is 5.47. The van der Waals surface area contributed by atoms with E-state index in [-0.39, 0.29) is 35.8 Å². The maximum Gasteiger partial charge on any atom is 0.225 e. The zero-order valence-electron chi connectivity index (χ0n) is 15.7. The Hall–Kier alpha value is -2.95. The number of carbonyl (C=O) groups excluding carboxylic acids is 2. The molecule has 2 aromatic rings. The van der Waals surface area contributed by atoms with Crippen LogP contribution in [0.3, 0.4) is 0 Å². The van der Waals surface area contributed by atoms with Crippen molar-refractivity contribution in [1.29, 1.82) is 0 Å². The van der Waals surface area contributed by atoms with Gasteiger partial charge in [-0.1, -0.05) is 24.3 Å². The highest BCUT2D eigenvalue weighted by molar-refractivity contribution is 6.02. The second kappa shape index (κ2) is 7.58. The van der Waals surface area contributed by atoms with Crippen molar-refractivity contribution < 1.29 is 18.7 Å². The summed E-state index contributed by atoms with van der Waals surface area (Å²) in [4.78, 5) is 25.3. The van der Waals surface area contributed by atoms with Gasteiger partial charge in [0.25, 0.3) is 0 Å². The highest BCUT2D eigenvalue weighted by atomic mass is 19.1. The molecule has 4 rings (SSSR count). The first-order valence-corrected chi connectivity index (χ1v) is 9.59. The SMILES string of the molecule is CCOc1ccc(C2CC(=O)C3=C(C2)NC(=O)CC3c2ccc(F)cc2)cc1. The van der Waals surface area contributed by atoms with Crippen molar-refractivity contribution >= 4 is 11.7 Å². The minimum Gasteiger partial charge on any atom is -0.494 e. The van der Waals surface area contributed by atoms with E-state index >= 15 is 0 Å². The van der Waals surface area contributed by atoms with Crippen LogP contribution in [0.5, 0.6) is 5.75 Å². The van der Waals surface area contributed by atoms with E-state index < -0.39 is 0 Å². The summed E-state index contributed by atoms with van der Waals surface area (Å²) in [6, 6.07) is 13.9. The first kappa shape index (κ1) is 18.4. The summed E-state index contributed by atoms with van der Waals surface area (Å²) in [5.41, 5.74) is 3.24. The van der Waals surface area contributed by atoms with Crippen molar-refractivity contribution in [3.05, 3.63) is 76.7 Å². The summed E-state index contributed by atoms with van der Waals surface area (Å²) in [5, 5.41) is 2.91. The quantitative estimate of drug-likeness (QED) is 0.865. The van der Waals surface area contributed by atoms with E-state index in [1.807, 2.05) is 31.2 Å². The molecule has 1 amide bonds. The van der Waals surface area contributed by atoms with E-state index in [0.717, 1.165) is 16.9 Å². The first-order chi connectivity index (χ1) is 13.5. The number of carbonyl (C=O) groups is 2. The molecule has 28 heavy (non-hydrogen) atoms. The van der Waals surface area contributed by atoms with Crippen molar-refractivity contribution in [3.63, 3.8) is 0 Å². The number of benzene rings is 2. The lowest BCUT2D eigenvalue weighted by Gasteiger charge is -2.34. The summed E-state index contributed by atoms with van der Waals surface area (Å²) < 4.78 is 18.8. The van der Waals surface area contributed by atoms with Crippen LogP contribution in [0.4, 0.5) is 4.39 Å². The lowest BCUT2D eigenvalue weighted by molar-refractivity contribution is -0.122. The molecule has 1 aliphatic carbocycles. The Morgan fingerprint density at radius 3 is 2.32 bits per heavy atom. The fourth-order valence-corrected chi connectivity index (χ4v) is 4.18. The molecule has 2 atom stereocenters. The van der Waals surface area contributed by atoms with Gasteiger partial charge < -0.3 is 10.1 Å². The van der Waals surface area contributed by atoms with Crippen LogP contribution in [0.25, 0.3) is 0 Å². The molecule has 2 aromatic carbocycles. The molecule has 0 radical (unpaired) electrons. The largest absolute Gasteiger partial charge is 0.494 e. The van der Waals surface area contributed by atoms with Crippen LogP contribution in [0.2, 0.25) is 0 Å². The van der Waals surface area contributed by atoms with E-state index in [1.54, 1.807) is 12.1 Å². The number of rotatable bonds is 4. The first-order valence-electron chi connectivity index (χ1n) is 9.59. The van der Waals surface area contributed by atoms with Crippen molar-refractivity contribution in [2.45, 2.75) is 38.0 Å². The highest BCUT2D eigenvalue weighted by Gasteiger charge is 2.38. The average Bonchev–Trinajstić information content (AvgIpc) is 2.68. The van der Waals surface area contributed by atoms with E-state index in [1.165, 1.54) is 12.1 Å². The van der Waals surface area contributed by atoms with Crippen LogP contribution in [-0.4, -0.2) is 18.3 Å². The van der Waals surface area contributed by atoms with Gasteiger partial charge in [-0.15, -0.1) is 0 Å². The number of allylic oxidation sites excluding steroid dienone is 2. The zero-order valence-corrected chi connectivity index (χ0v) is 15.7. The maximum absolute atomic E-state index is 13.3. The fourth-order valence-electron chi connectivity index (χ4n) is 4.18. The molecule has 0 fully saturated rings. The van der Waals surface area contributed by atoms with Gasteiger partial charge in [-0.3, -0.25) is 9.59 Å². The van der Waals surface area contributed by atoms with Crippen molar-refractivity contribution in [2.24, 2.45) is 0 Å². The number of Topliss-reactive ketones (excluding diaryl/α,β-unsaturated/α-hetero) is 1. The topological polar surface area (TPSA) is 55.4 Å². The molecule has 4 nitrogen and oxygen atoms in total. The molecule has 2 aliphatic rings. The third-order valence-corrected chi connectivity index (χ3v) is 5.47. The van der Waals surface area contributed by atoms with Crippen LogP contribution in [0, 0.1) is 5.82 Å². The molecule has 144 valence electrons. The Bertz CT molecular complexity index is 931. The molecule has 0 aromatic heterocycles. The number of hydrogen-bond acceptors (Lipinski definition) is 3. The molecule has 2 unspecified atom stereocenters. The second-order valence-corrected chi connectivity index (χ2v) is 7.28. The van der Waals surface area contributed by atoms with E-state index in [0.29, 0.717) is 30.7 Å². The number of nitrogens with one attached hydrogen (secondary N) is 1. The van der Waals surface area contributed by atoms with Crippen molar-refractivity contribution in [2.75, 3.05) is 6.61 Å². The Morgan fingerprint density at radius 2 is 1.64 bits per heavy atom. The van der Waals surface area contributed by atoms with Gasteiger partial charge in [-0.25, -0.2) is 4.39 Å². The van der Waals surface area contributed by atoms with Gasteiger partial charge in [0, 0.05) is 30.0 Å². The van der Waals surface area contributed by atoms with Gasteiger partial charge in [-0.2, -0.15) is 0 Å². The van der Waals surface area contributed by atoms with Crippen LogP contribution < -0.4 is 10.1 Å². The zero-order chi connectivity index (χ0) is 19.7. The van der Waals surface area contributed by atoms with Gasteiger partial charge in [-0.05, 0) is 54.7 Å². The molecular formula is C23H22FNO3. The lowest BCUT2D eigenvalue weighted by Crippen LogP contribution is -2.38. The minimum atomic E-state index is -0.330. The number of halogens is 1. The minimum absolute atomic E-state index is 0.0224. The molecule has 0 spiro atoms. The van der Waals surface area contributed by atoms with Crippen LogP contribution in [0.1, 0.15) is 49.1 Å². The summed E-state index contributed by atoms with van der Waals surface area (Å²) in [7, 11) is 0. The molecular weight excluding hydrogens is 357 g/mol. The molecule has 5 heteroatoms. The normalized spacial score (nSPS) is 21.9. The number of hydrogen-bond donors (Lipinski definition) is 1. The summed E-state index contributed by atoms with van der Waals surface area (Å²) in [6.07, 6.45) is 1.22. The van der Waals surface area contributed by atoms with Crippen LogP contribution >= 0.6 is 0 Å². The van der Waals surface area contributed by atoms with Crippen LogP contribution in [-0.2, 0) is 9.59 Å². The predicted octanol–water partition coefficient (Wildman–Crippen LogP) is 4.23. The van der Waals surface area contributed by atoms with Gasteiger partial charge in [0.2, 0.25) is 5.91 Å². The molecule has 0 saturated heterocycles. The smallest absolute Gasteiger partial charge is 0.225 e. The third kappa shape index (κ3) is 3.57. The Morgan fingerprint density at radius 1 is 0.964 bits per heavy atom. The standard InChI is InChI=1S/C23H22FNO3/c1-2-28-18-9-5-14(6-10-18)16-11-20-23(21(26)12-16)19(13-22(27)25-20)15-3-7-17(24)8-4-15/h3-10,16,19H,2,11-13H2,1H3,(H,25,27). The van der Waals surface area contributed by atoms with Gasteiger partial charge in [0.05, 0.1) is 6.61 Å². The summed E-state index contributed by atoms with van der Waals surface area (Å²) in [6.45, 7) is 2.54. The Labute approximate surface area is 163 Å². The average molecular weight is 379 g/mol. The van der Waals surface area contributed by atoms with Gasteiger partial charge in [0.1, 0.15) is 11.6 Å². The summed E-state index contributed by atoms with van der Waals surface area (Å²) >= 11 is 0. The monoisotopic (exact) mass is 379 g/mol. The number of ether oxygens (including phenoxy) is 1.